The van der Waals surface area contributed by atoms with Crippen molar-refractivity contribution in [1.82, 2.24) is 9.80 Å². The molecule has 0 aromatic rings. The van der Waals surface area contributed by atoms with Gasteiger partial charge in [0.2, 0.25) is 0 Å². The average molecular weight is 158 g/mol. The van der Waals surface area contributed by atoms with Gasteiger partial charge in [0.25, 0.3) is 0 Å². The second-order valence-electron chi connectivity index (χ2n) is 3.48. The maximum absolute atomic E-state index is 9.34. The third kappa shape index (κ3) is 2.15. The fraction of sp³-hybridized carbons (Fsp3) is 1.00. The number of aliphatic hydroxyl groups is 1. The molecule has 1 N–H and O–H groups in total. The molecule has 11 heavy (non-hydrogen) atoms. The first-order chi connectivity index (χ1) is 5.11. The monoisotopic (exact) mass is 158 g/mol. The average Bonchev–Trinajstić information content (AvgIpc) is 1.85. The van der Waals surface area contributed by atoms with Crippen LogP contribution in [-0.4, -0.2) is 53.9 Å². The number of aliphatic hydroxyl groups excluding tert-OH is 1. The van der Waals surface area contributed by atoms with Crippen LogP contribution in [0.25, 0.3) is 0 Å². The molecule has 66 valence electrons. The molecule has 1 heterocycles. The maximum Gasteiger partial charge on any atom is 0.104 e. The Labute approximate surface area is 68.6 Å². The van der Waals surface area contributed by atoms with Crippen molar-refractivity contribution >= 4 is 0 Å². The van der Waals surface area contributed by atoms with Gasteiger partial charge in [-0.2, -0.15) is 0 Å². The van der Waals surface area contributed by atoms with Gasteiger partial charge in [0.05, 0.1) is 0 Å². The molecule has 0 aromatic carbocycles. The maximum atomic E-state index is 9.34. The van der Waals surface area contributed by atoms with E-state index in [1.807, 2.05) is 6.92 Å². The Balaban J connectivity index is 2.44. The van der Waals surface area contributed by atoms with Gasteiger partial charge in [0.1, 0.15) is 6.23 Å². The molecule has 0 bridgehead atoms. The summed E-state index contributed by atoms with van der Waals surface area (Å²) in [7, 11) is 2.12. The molecular weight excluding hydrogens is 140 g/mol. The van der Waals surface area contributed by atoms with Crippen molar-refractivity contribution in [2.45, 2.75) is 26.1 Å². The van der Waals surface area contributed by atoms with E-state index < -0.39 is 0 Å². The minimum Gasteiger partial charge on any atom is -0.379 e. The molecule has 0 aliphatic carbocycles. The third-order valence-electron chi connectivity index (χ3n) is 2.36. The van der Waals surface area contributed by atoms with Crippen LogP contribution in [0.15, 0.2) is 0 Å². The zero-order chi connectivity index (χ0) is 8.43. The molecule has 1 rings (SSSR count). The van der Waals surface area contributed by atoms with E-state index in [9.17, 15) is 5.11 Å². The molecule has 3 nitrogen and oxygen atoms in total. The summed E-state index contributed by atoms with van der Waals surface area (Å²) in [5, 5.41) is 9.34. The van der Waals surface area contributed by atoms with E-state index in [1.54, 1.807) is 0 Å². The highest BCUT2D eigenvalue weighted by atomic mass is 16.3. The first-order valence-corrected chi connectivity index (χ1v) is 4.23. The Morgan fingerprint density at radius 2 is 2.09 bits per heavy atom. The molecule has 1 unspecified atom stereocenters. The Kier molecular flexibility index (Phi) is 2.87. The van der Waals surface area contributed by atoms with Crippen LogP contribution in [-0.2, 0) is 0 Å². The van der Waals surface area contributed by atoms with Gasteiger partial charge >= 0.3 is 0 Å². The van der Waals surface area contributed by atoms with Crippen molar-refractivity contribution in [3.63, 3.8) is 0 Å². The largest absolute Gasteiger partial charge is 0.379 e. The Hall–Kier alpha value is -0.120. The van der Waals surface area contributed by atoms with Crippen LogP contribution in [0.3, 0.4) is 0 Å². The van der Waals surface area contributed by atoms with E-state index in [-0.39, 0.29) is 6.23 Å². The van der Waals surface area contributed by atoms with Crippen molar-refractivity contribution in [3.05, 3.63) is 0 Å². The molecular formula is C8H18N2O. The number of hydrogen-bond acceptors (Lipinski definition) is 3. The second kappa shape index (κ2) is 3.52. The molecule has 1 saturated heterocycles. The summed E-state index contributed by atoms with van der Waals surface area (Å²) in [4.78, 5) is 4.42. The zero-order valence-electron chi connectivity index (χ0n) is 7.62. The van der Waals surface area contributed by atoms with Gasteiger partial charge in [-0.15, -0.1) is 0 Å². The lowest BCUT2D eigenvalue weighted by Gasteiger charge is -2.39. The quantitative estimate of drug-likeness (QED) is 0.580. The third-order valence-corrected chi connectivity index (χ3v) is 2.36. The lowest BCUT2D eigenvalue weighted by molar-refractivity contribution is -0.0385. The summed E-state index contributed by atoms with van der Waals surface area (Å²) < 4.78 is 0. The number of nitrogens with zero attached hydrogens (tertiary/aromatic N) is 2. The van der Waals surface area contributed by atoms with Gasteiger partial charge in [-0.25, -0.2) is 0 Å². The lowest BCUT2D eigenvalue weighted by Crippen LogP contribution is -2.53. The van der Waals surface area contributed by atoms with Gasteiger partial charge in [-0.1, -0.05) is 0 Å². The fourth-order valence-corrected chi connectivity index (χ4v) is 1.71. The minimum atomic E-state index is -0.293. The summed E-state index contributed by atoms with van der Waals surface area (Å²) in [6.07, 6.45) is -0.293. The van der Waals surface area contributed by atoms with Crippen LogP contribution in [0.5, 0.6) is 0 Å². The predicted molar refractivity (Wildman–Crippen MR) is 45.3 cm³/mol. The topological polar surface area (TPSA) is 26.7 Å². The highest BCUT2D eigenvalue weighted by Gasteiger charge is 2.23. The van der Waals surface area contributed by atoms with Crippen LogP contribution in [0.2, 0.25) is 0 Å². The van der Waals surface area contributed by atoms with Crippen LogP contribution >= 0.6 is 0 Å². The normalized spacial score (nSPS) is 32.2. The Bertz CT molecular complexity index is 127. The van der Waals surface area contributed by atoms with Gasteiger partial charge in [0.15, 0.2) is 0 Å². The lowest BCUT2D eigenvalue weighted by atomic mass is 10.2. The standard InChI is InChI=1S/C8H18N2O/c1-7-6-9(3)4-5-10(7)8(2)11/h7-8,11H,4-6H2,1-3H3/t7-,8?/m0/s1. The van der Waals surface area contributed by atoms with Crippen LogP contribution < -0.4 is 0 Å². The summed E-state index contributed by atoms with van der Waals surface area (Å²) in [5.41, 5.74) is 0. The van der Waals surface area contributed by atoms with Gasteiger partial charge in [0, 0.05) is 25.7 Å². The second-order valence-corrected chi connectivity index (χ2v) is 3.48. The molecule has 1 aliphatic heterocycles. The van der Waals surface area contributed by atoms with Crippen LogP contribution in [0, 0.1) is 0 Å². The van der Waals surface area contributed by atoms with Crippen LogP contribution in [0.1, 0.15) is 13.8 Å². The molecule has 0 amide bonds. The summed E-state index contributed by atoms with van der Waals surface area (Å²) >= 11 is 0. The molecule has 0 saturated carbocycles. The highest BCUT2D eigenvalue weighted by molar-refractivity contribution is 4.77. The molecule has 0 radical (unpaired) electrons. The van der Waals surface area contributed by atoms with Gasteiger partial charge in [-0.3, -0.25) is 4.90 Å². The van der Waals surface area contributed by atoms with Gasteiger partial charge < -0.3 is 10.0 Å². The molecule has 1 fully saturated rings. The van der Waals surface area contributed by atoms with Crippen LogP contribution in [0.4, 0.5) is 0 Å². The van der Waals surface area contributed by atoms with Crippen molar-refractivity contribution in [3.8, 4) is 0 Å². The minimum absolute atomic E-state index is 0.293. The molecule has 3 heteroatoms. The van der Waals surface area contributed by atoms with Crippen molar-refractivity contribution in [2.75, 3.05) is 26.7 Å². The first kappa shape index (κ1) is 8.97. The van der Waals surface area contributed by atoms with E-state index in [0.29, 0.717) is 6.04 Å². The van der Waals surface area contributed by atoms with E-state index in [4.69, 9.17) is 0 Å². The van der Waals surface area contributed by atoms with Crippen molar-refractivity contribution < 1.29 is 5.11 Å². The van der Waals surface area contributed by atoms with E-state index in [2.05, 4.69) is 23.8 Å². The zero-order valence-corrected chi connectivity index (χ0v) is 7.62. The fourth-order valence-electron chi connectivity index (χ4n) is 1.71. The summed E-state index contributed by atoms with van der Waals surface area (Å²) in [6.45, 7) is 7.10. The molecule has 1 aliphatic rings. The summed E-state index contributed by atoms with van der Waals surface area (Å²) in [6, 6.07) is 0.480. The van der Waals surface area contributed by atoms with E-state index in [1.165, 1.54) is 0 Å². The number of likely N-dealkylation sites (N-methyl/N-ethyl adjacent to an activating group) is 1. The van der Waals surface area contributed by atoms with E-state index in [0.717, 1.165) is 19.6 Å². The molecule has 0 aromatic heterocycles. The van der Waals surface area contributed by atoms with Crippen molar-refractivity contribution in [1.29, 1.82) is 0 Å². The summed E-state index contributed by atoms with van der Waals surface area (Å²) in [5.74, 6) is 0. The first-order valence-electron chi connectivity index (χ1n) is 4.23. The molecule has 2 atom stereocenters. The smallest absolute Gasteiger partial charge is 0.104 e. The SMILES string of the molecule is CC(O)N1CCN(C)C[C@@H]1C. The van der Waals surface area contributed by atoms with E-state index >= 15 is 0 Å². The predicted octanol–water partition coefficient (Wildman–Crippen LogP) is -0.0394. The Morgan fingerprint density at radius 3 is 2.55 bits per heavy atom. The van der Waals surface area contributed by atoms with Gasteiger partial charge in [-0.05, 0) is 20.9 Å². The Morgan fingerprint density at radius 1 is 1.45 bits per heavy atom. The number of rotatable bonds is 1. The highest BCUT2D eigenvalue weighted by Crippen LogP contribution is 2.09. The van der Waals surface area contributed by atoms with Crippen molar-refractivity contribution in [2.24, 2.45) is 0 Å². The number of piperazine rings is 1. The molecule has 0 spiro atoms. The number of hydrogen-bond donors (Lipinski definition) is 1.